The summed E-state index contributed by atoms with van der Waals surface area (Å²) in [6.45, 7) is 4.33. The molecule has 7 nitrogen and oxygen atoms in total. The minimum Gasteiger partial charge on any atom is -0.361 e. The Labute approximate surface area is 189 Å². The first-order chi connectivity index (χ1) is 15.4. The van der Waals surface area contributed by atoms with Crippen LogP contribution in [0, 0.1) is 11.6 Å². The van der Waals surface area contributed by atoms with Crippen LogP contribution in [0.15, 0.2) is 42.7 Å². The molecule has 0 spiro atoms. The Morgan fingerprint density at radius 2 is 1.91 bits per heavy atom. The van der Waals surface area contributed by atoms with Crippen molar-refractivity contribution in [1.82, 2.24) is 14.3 Å². The van der Waals surface area contributed by atoms with Gasteiger partial charge in [0.15, 0.2) is 0 Å². The van der Waals surface area contributed by atoms with Gasteiger partial charge in [0, 0.05) is 30.4 Å². The summed E-state index contributed by atoms with van der Waals surface area (Å²) in [7, 11) is -3.95. The van der Waals surface area contributed by atoms with Gasteiger partial charge < -0.3 is 4.90 Å². The van der Waals surface area contributed by atoms with Crippen LogP contribution >= 0.6 is 0 Å². The van der Waals surface area contributed by atoms with Crippen LogP contribution in [0.2, 0.25) is 0 Å². The Hall–Kier alpha value is -3.08. The maximum Gasteiger partial charge on any atom is 0.268 e. The topological polar surface area (TPSA) is 83.8 Å². The molecule has 3 aromatic rings. The number of fused-ring (bicyclic) bond motifs is 1. The van der Waals surface area contributed by atoms with Crippen LogP contribution in [-0.4, -0.2) is 41.4 Å². The van der Waals surface area contributed by atoms with Gasteiger partial charge in [-0.25, -0.2) is 30.8 Å². The third-order valence-corrected chi connectivity index (χ3v) is 7.75. The summed E-state index contributed by atoms with van der Waals surface area (Å²) in [6, 6.07) is 5.48. The maximum atomic E-state index is 14.4. The van der Waals surface area contributed by atoms with Crippen LogP contribution in [0.25, 0.3) is 5.52 Å². The van der Waals surface area contributed by atoms with E-state index in [0.717, 1.165) is 18.2 Å². The first-order valence-corrected chi connectivity index (χ1v) is 11.8. The highest BCUT2D eigenvalue weighted by Gasteiger charge is 2.36. The van der Waals surface area contributed by atoms with Crippen LogP contribution in [-0.2, 0) is 10.0 Å². The van der Waals surface area contributed by atoms with Crippen molar-refractivity contribution in [3.63, 3.8) is 0 Å². The van der Waals surface area contributed by atoms with Gasteiger partial charge in [0.2, 0.25) is 10.0 Å². The Morgan fingerprint density at radius 1 is 1.18 bits per heavy atom. The quantitative estimate of drug-likeness (QED) is 0.615. The lowest BCUT2D eigenvalue weighted by Gasteiger charge is -2.27. The number of carbonyl (C=O) groups is 1. The number of halogens is 3. The van der Waals surface area contributed by atoms with E-state index in [-0.39, 0.29) is 29.6 Å². The summed E-state index contributed by atoms with van der Waals surface area (Å²) >= 11 is 0. The second-order valence-corrected chi connectivity index (χ2v) is 11.4. The zero-order valence-electron chi connectivity index (χ0n) is 18.2. The number of alkyl halides is 1. The Morgan fingerprint density at radius 3 is 2.61 bits per heavy atom. The maximum absolute atomic E-state index is 14.4. The minimum atomic E-state index is -3.95. The lowest BCUT2D eigenvalue weighted by Crippen LogP contribution is -2.42. The molecule has 33 heavy (non-hydrogen) atoms. The number of rotatable bonds is 4. The van der Waals surface area contributed by atoms with Crippen molar-refractivity contribution in [2.24, 2.45) is 0 Å². The fourth-order valence-corrected chi connectivity index (χ4v) is 4.45. The number of anilines is 1. The number of carbonyl (C=O) groups excluding carboxylic acids is 1. The van der Waals surface area contributed by atoms with Crippen molar-refractivity contribution < 1.29 is 26.4 Å². The van der Waals surface area contributed by atoms with Crippen LogP contribution in [0.5, 0.6) is 0 Å². The van der Waals surface area contributed by atoms with Crippen LogP contribution in [0.4, 0.5) is 18.9 Å². The summed E-state index contributed by atoms with van der Waals surface area (Å²) in [5.74, 6) is -2.12. The van der Waals surface area contributed by atoms with Crippen molar-refractivity contribution in [3.05, 3.63) is 65.5 Å². The van der Waals surface area contributed by atoms with Gasteiger partial charge in [-0.3, -0.25) is 4.79 Å². The fourth-order valence-electron chi connectivity index (χ4n) is 3.79. The monoisotopic (exact) mass is 480 g/mol. The molecule has 176 valence electrons. The normalized spacial score (nSPS) is 19.3. The summed E-state index contributed by atoms with van der Waals surface area (Å²) in [5, 5.41) is 4.08. The van der Waals surface area contributed by atoms with Crippen molar-refractivity contribution in [1.29, 1.82) is 0 Å². The number of nitrogens with one attached hydrogen (secondary N) is 1. The average molecular weight is 481 g/mol. The third-order valence-electron chi connectivity index (χ3n) is 5.68. The molecule has 1 aliphatic heterocycles. The Bertz CT molecular complexity index is 1330. The van der Waals surface area contributed by atoms with Crippen molar-refractivity contribution in [2.75, 3.05) is 11.4 Å². The number of aromatic nitrogens is 2. The number of pyridine rings is 1. The molecule has 1 N–H and O–H groups in total. The van der Waals surface area contributed by atoms with E-state index in [1.807, 2.05) is 0 Å². The Kier molecular flexibility index (Phi) is 5.63. The van der Waals surface area contributed by atoms with E-state index < -0.39 is 44.5 Å². The van der Waals surface area contributed by atoms with E-state index in [1.165, 1.54) is 37.7 Å². The fraction of sp³-hybridized carbons (Fsp3) is 0.364. The molecule has 1 fully saturated rings. The number of sulfonamides is 1. The molecule has 0 bridgehead atoms. The standard InChI is InChI=1S/C22H23F3N4O3S/c1-22(2,3)33(31,32)27-21(30)17-11-26-29-7-6-15(10-20(17)29)28-12-14(24)9-19(28)16-8-13(23)4-5-18(16)25/h4-8,10-11,14,19H,9,12H2,1-3H3,(H,27,30)/t14-,19+/m0/s1. The second kappa shape index (κ2) is 8.05. The summed E-state index contributed by atoms with van der Waals surface area (Å²) in [5.41, 5.74) is 0.798. The summed E-state index contributed by atoms with van der Waals surface area (Å²) in [4.78, 5) is 14.3. The zero-order valence-corrected chi connectivity index (χ0v) is 19.0. The van der Waals surface area contributed by atoms with Crippen molar-refractivity contribution >= 4 is 27.1 Å². The number of benzene rings is 1. The lowest BCUT2D eigenvalue weighted by molar-refractivity contribution is 0.0982. The van der Waals surface area contributed by atoms with Crippen LogP contribution in [0.3, 0.4) is 0 Å². The molecule has 2 atom stereocenters. The van der Waals surface area contributed by atoms with E-state index in [0.29, 0.717) is 5.69 Å². The molecule has 0 unspecified atom stereocenters. The molecule has 1 aliphatic rings. The van der Waals surface area contributed by atoms with Gasteiger partial charge in [-0.05, 0) is 51.1 Å². The predicted octanol–water partition coefficient (Wildman–Crippen LogP) is 3.76. The van der Waals surface area contributed by atoms with Crippen LogP contribution < -0.4 is 9.62 Å². The molecular weight excluding hydrogens is 457 g/mol. The average Bonchev–Trinajstić information content (AvgIpc) is 3.31. The van der Waals surface area contributed by atoms with Gasteiger partial charge >= 0.3 is 0 Å². The van der Waals surface area contributed by atoms with Gasteiger partial charge in [-0.15, -0.1) is 0 Å². The molecule has 1 amide bonds. The van der Waals surface area contributed by atoms with Gasteiger partial charge in [-0.1, -0.05) is 0 Å². The van der Waals surface area contributed by atoms with E-state index in [4.69, 9.17) is 0 Å². The van der Waals surface area contributed by atoms with E-state index in [9.17, 15) is 26.4 Å². The number of amides is 1. The molecule has 3 heterocycles. The Balaban J connectivity index is 1.72. The molecule has 2 aromatic heterocycles. The SMILES string of the molecule is CC(C)(C)S(=O)(=O)NC(=O)c1cnn2ccc(N3C[C@@H](F)C[C@@H]3c3cc(F)ccc3F)cc12. The molecule has 4 rings (SSSR count). The molecule has 0 saturated carbocycles. The smallest absolute Gasteiger partial charge is 0.268 e. The molecule has 11 heteroatoms. The minimum absolute atomic E-state index is 0.00848. The van der Waals surface area contributed by atoms with E-state index in [1.54, 1.807) is 17.0 Å². The summed E-state index contributed by atoms with van der Waals surface area (Å²) in [6.07, 6.45) is 1.48. The first-order valence-electron chi connectivity index (χ1n) is 10.3. The molecule has 0 radical (unpaired) electrons. The first kappa shape index (κ1) is 23.1. The number of hydrogen-bond donors (Lipinski definition) is 1. The lowest BCUT2D eigenvalue weighted by atomic mass is 10.0. The third kappa shape index (κ3) is 4.29. The van der Waals surface area contributed by atoms with Gasteiger partial charge in [-0.2, -0.15) is 5.10 Å². The molecular formula is C22H23F3N4O3S. The highest BCUT2D eigenvalue weighted by atomic mass is 32.2. The highest BCUT2D eigenvalue weighted by Crippen LogP contribution is 2.39. The highest BCUT2D eigenvalue weighted by molar-refractivity contribution is 7.91. The van der Waals surface area contributed by atoms with Crippen molar-refractivity contribution in [2.45, 2.75) is 44.2 Å². The van der Waals surface area contributed by atoms with Gasteiger partial charge in [0.1, 0.15) is 17.8 Å². The second-order valence-electron chi connectivity index (χ2n) is 8.99. The number of hydrogen-bond acceptors (Lipinski definition) is 5. The zero-order chi connectivity index (χ0) is 24.1. The molecule has 0 aliphatic carbocycles. The van der Waals surface area contributed by atoms with Crippen molar-refractivity contribution in [3.8, 4) is 0 Å². The predicted molar refractivity (Wildman–Crippen MR) is 117 cm³/mol. The van der Waals surface area contributed by atoms with E-state index in [2.05, 4.69) is 9.82 Å². The largest absolute Gasteiger partial charge is 0.361 e. The summed E-state index contributed by atoms with van der Waals surface area (Å²) < 4.78 is 69.6. The molecule has 1 saturated heterocycles. The van der Waals surface area contributed by atoms with Gasteiger partial charge in [0.05, 0.1) is 28.1 Å². The van der Waals surface area contributed by atoms with Crippen LogP contribution in [0.1, 0.15) is 49.2 Å². The van der Waals surface area contributed by atoms with E-state index >= 15 is 0 Å². The van der Waals surface area contributed by atoms with Gasteiger partial charge in [0.25, 0.3) is 5.91 Å². The number of nitrogens with zero attached hydrogens (tertiary/aromatic N) is 3. The molecule has 1 aromatic carbocycles.